The van der Waals surface area contributed by atoms with Gasteiger partial charge < -0.3 is 24.1 Å². The highest BCUT2D eigenvalue weighted by Gasteiger charge is 2.33. The number of aliphatic imine (C=N–C) groups is 1. The van der Waals surface area contributed by atoms with Gasteiger partial charge in [-0.3, -0.25) is 10.1 Å². The minimum absolute atomic E-state index is 0.130. The molecular formula is C22H20N2O8S. The van der Waals surface area contributed by atoms with Crippen molar-refractivity contribution in [3.8, 4) is 17.2 Å². The number of rotatable bonds is 7. The number of aliphatic hydroxyl groups excluding tert-OH is 1. The van der Waals surface area contributed by atoms with Gasteiger partial charge in [-0.05, 0) is 24.3 Å². The molecule has 0 fully saturated rings. The van der Waals surface area contributed by atoms with Crippen molar-refractivity contribution in [1.29, 1.82) is 0 Å². The lowest BCUT2D eigenvalue weighted by atomic mass is 10.1. The average Bonchev–Trinajstić information content (AvgIpc) is 3.12. The van der Waals surface area contributed by atoms with E-state index < -0.39 is 10.9 Å². The van der Waals surface area contributed by atoms with Crippen molar-refractivity contribution in [3.05, 3.63) is 68.3 Å². The number of nitro groups is 1. The third kappa shape index (κ3) is 4.77. The van der Waals surface area contributed by atoms with Gasteiger partial charge in [0.1, 0.15) is 16.4 Å². The highest BCUT2D eigenvalue weighted by atomic mass is 32.2. The number of ether oxygens (including phenoxy) is 4. The van der Waals surface area contributed by atoms with E-state index in [1.165, 1.54) is 46.6 Å². The zero-order chi connectivity index (χ0) is 24.1. The number of thioether (sulfide) groups is 1. The van der Waals surface area contributed by atoms with E-state index in [0.29, 0.717) is 27.7 Å². The molecule has 0 atom stereocenters. The minimum atomic E-state index is -0.799. The Hall–Kier alpha value is -3.99. The smallest absolute Gasteiger partial charge is 0.344 e. The second kappa shape index (κ2) is 10.1. The third-order valence-electron chi connectivity index (χ3n) is 4.57. The van der Waals surface area contributed by atoms with E-state index in [2.05, 4.69) is 4.99 Å². The molecule has 1 aliphatic rings. The zero-order valence-electron chi connectivity index (χ0n) is 18.1. The van der Waals surface area contributed by atoms with Crippen LogP contribution in [0.3, 0.4) is 0 Å². The maximum Gasteiger partial charge on any atom is 0.344 e. The molecule has 0 aliphatic carbocycles. The number of esters is 1. The fourth-order valence-electron chi connectivity index (χ4n) is 3.06. The summed E-state index contributed by atoms with van der Waals surface area (Å²) in [6.07, 6.45) is 1.60. The van der Waals surface area contributed by atoms with Gasteiger partial charge in [-0.2, -0.15) is 0 Å². The molecule has 2 aromatic rings. The molecule has 0 radical (unpaired) electrons. The lowest BCUT2D eigenvalue weighted by Gasteiger charge is -2.14. The summed E-state index contributed by atoms with van der Waals surface area (Å²) in [5.74, 6) is 0.0409. The molecule has 0 amide bonds. The molecule has 0 saturated carbocycles. The standard InChI is InChI=1S/C22H20N2O8S/c1-29-15-9-8-12(19(30-2)20(15)31-3)10-16-18(25)17(22(26)32-4)21(33-16)23-13-6-5-7-14(11-13)24(27)28/h5-11,25H,1-4H3/b16-10+,23-21?. The van der Waals surface area contributed by atoms with Gasteiger partial charge in [-0.1, -0.05) is 17.8 Å². The summed E-state index contributed by atoms with van der Waals surface area (Å²) >= 11 is 1.01. The Balaban J connectivity index is 2.12. The van der Waals surface area contributed by atoms with Crippen LogP contribution < -0.4 is 14.2 Å². The first-order valence-corrected chi connectivity index (χ1v) is 10.2. The second-order valence-corrected chi connectivity index (χ2v) is 7.47. The Bertz CT molecular complexity index is 1200. The van der Waals surface area contributed by atoms with E-state index in [-0.39, 0.29) is 27.8 Å². The van der Waals surface area contributed by atoms with Crippen LogP contribution in [0.5, 0.6) is 17.2 Å². The first-order chi connectivity index (χ1) is 15.8. The van der Waals surface area contributed by atoms with Crippen LogP contribution in [-0.4, -0.2) is 49.5 Å². The Kier molecular flexibility index (Phi) is 7.23. The highest BCUT2D eigenvalue weighted by molar-refractivity contribution is 8.18. The van der Waals surface area contributed by atoms with Crippen molar-refractivity contribution in [1.82, 2.24) is 0 Å². The minimum Gasteiger partial charge on any atom is -0.506 e. The second-order valence-electron chi connectivity index (χ2n) is 6.44. The van der Waals surface area contributed by atoms with E-state index in [0.717, 1.165) is 11.8 Å². The Morgan fingerprint density at radius 2 is 1.82 bits per heavy atom. The van der Waals surface area contributed by atoms with Crippen LogP contribution in [0.4, 0.5) is 11.4 Å². The molecule has 1 heterocycles. The number of carbonyl (C=O) groups is 1. The Morgan fingerprint density at radius 1 is 1.09 bits per heavy atom. The number of methoxy groups -OCH3 is 4. The van der Waals surface area contributed by atoms with Crippen molar-refractivity contribution in [2.75, 3.05) is 28.4 Å². The number of hydrogen-bond acceptors (Lipinski definition) is 10. The first kappa shape index (κ1) is 23.7. The summed E-state index contributed by atoms with van der Waals surface area (Å²) in [5, 5.41) is 22.0. The van der Waals surface area contributed by atoms with E-state index >= 15 is 0 Å². The summed E-state index contributed by atoms with van der Waals surface area (Å²) in [4.78, 5) is 27.5. The monoisotopic (exact) mass is 472 g/mol. The van der Waals surface area contributed by atoms with Crippen molar-refractivity contribution >= 4 is 40.2 Å². The van der Waals surface area contributed by atoms with Crippen molar-refractivity contribution < 1.29 is 33.8 Å². The van der Waals surface area contributed by atoms with Crippen LogP contribution in [0.15, 0.2) is 57.6 Å². The van der Waals surface area contributed by atoms with Crippen LogP contribution >= 0.6 is 11.8 Å². The SMILES string of the molecule is COC(=O)C1=C(O)/C(=C\c2ccc(OC)c(OC)c2OC)SC1=Nc1cccc([N+](=O)[O-])c1. The predicted octanol–water partition coefficient (Wildman–Crippen LogP) is 4.42. The van der Waals surface area contributed by atoms with Crippen molar-refractivity contribution in [3.63, 3.8) is 0 Å². The van der Waals surface area contributed by atoms with E-state index in [9.17, 15) is 20.0 Å². The predicted molar refractivity (Wildman–Crippen MR) is 124 cm³/mol. The van der Waals surface area contributed by atoms with Crippen LogP contribution in [-0.2, 0) is 9.53 Å². The molecule has 1 N–H and O–H groups in total. The molecule has 33 heavy (non-hydrogen) atoms. The summed E-state index contributed by atoms with van der Waals surface area (Å²) in [7, 11) is 5.61. The van der Waals surface area contributed by atoms with Crippen molar-refractivity contribution in [2.24, 2.45) is 4.99 Å². The van der Waals surface area contributed by atoms with Gasteiger partial charge >= 0.3 is 5.97 Å². The van der Waals surface area contributed by atoms with Crippen LogP contribution in [0.1, 0.15) is 5.56 Å². The Morgan fingerprint density at radius 3 is 2.42 bits per heavy atom. The molecule has 0 saturated heterocycles. The fourth-order valence-corrected chi connectivity index (χ4v) is 4.09. The lowest BCUT2D eigenvalue weighted by Crippen LogP contribution is -2.10. The molecule has 2 aromatic carbocycles. The molecule has 0 bridgehead atoms. The molecule has 1 aliphatic heterocycles. The molecule has 172 valence electrons. The molecular weight excluding hydrogens is 452 g/mol. The normalized spacial score (nSPS) is 15.6. The summed E-state index contributed by atoms with van der Waals surface area (Å²) in [5.41, 5.74) is 0.481. The van der Waals surface area contributed by atoms with Gasteiger partial charge in [0, 0.05) is 17.7 Å². The lowest BCUT2D eigenvalue weighted by molar-refractivity contribution is -0.384. The number of benzene rings is 2. The van der Waals surface area contributed by atoms with E-state index in [4.69, 9.17) is 18.9 Å². The summed E-state index contributed by atoms with van der Waals surface area (Å²) in [6.45, 7) is 0. The summed E-state index contributed by atoms with van der Waals surface area (Å²) < 4.78 is 20.9. The van der Waals surface area contributed by atoms with Gasteiger partial charge in [0.05, 0.1) is 44.0 Å². The number of non-ortho nitro benzene ring substituents is 1. The zero-order valence-corrected chi connectivity index (χ0v) is 19.0. The number of carbonyl (C=O) groups excluding carboxylic acids is 1. The van der Waals surface area contributed by atoms with Gasteiger partial charge in [-0.15, -0.1) is 0 Å². The number of aliphatic hydroxyl groups is 1. The highest BCUT2D eigenvalue weighted by Crippen LogP contribution is 2.44. The van der Waals surface area contributed by atoms with Crippen molar-refractivity contribution in [2.45, 2.75) is 0 Å². The third-order valence-corrected chi connectivity index (χ3v) is 5.59. The van der Waals surface area contributed by atoms with E-state index in [1.807, 2.05) is 0 Å². The first-order valence-electron chi connectivity index (χ1n) is 9.38. The fraction of sp³-hybridized carbons (Fsp3) is 0.182. The van der Waals surface area contributed by atoms with Crippen LogP contribution in [0, 0.1) is 10.1 Å². The topological polar surface area (TPSA) is 130 Å². The molecule has 0 aromatic heterocycles. The van der Waals surface area contributed by atoms with Crippen LogP contribution in [0.2, 0.25) is 0 Å². The number of hydrogen-bond donors (Lipinski definition) is 1. The van der Waals surface area contributed by atoms with Gasteiger partial charge in [0.15, 0.2) is 11.5 Å². The maximum atomic E-state index is 12.4. The largest absolute Gasteiger partial charge is 0.506 e. The summed E-state index contributed by atoms with van der Waals surface area (Å²) in [6, 6.07) is 8.99. The molecule has 0 unspecified atom stereocenters. The molecule has 0 spiro atoms. The molecule has 10 nitrogen and oxygen atoms in total. The van der Waals surface area contributed by atoms with Crippen LogP contribution in [0.25, 0.3) is 6.08 Å². The number of nitrogens with zero attached hydrogens (tertiary/aromatic N) is 2. The molecule has 11 heteroatoms. The maximum absolute atomic E-state index is 12.4. The Labute approximate surface area is 193 Å². The number of nitro benzene ring substituents is 1. The van der Waals surface area contributed by atoms with Gasteiger partial charge in [-0.25, -0.2) is 9.79 Å². The van der Waals surface area contributed by atoms with E-state index in [1.54, 1.807) is 24.3 Å². The quantitative estimate of drug-likeness (QED) is 0.353. The average molecular weight is 472 g/mol. The van der Waals surface area contributed by atoms with Gasteiger partial charge in [0.25, 0.3) is 5.69 Å². The van der Waals surface area contributed by atoms with Gasteiger partial charge in [0.2, 0.25) is 5.75 Å². The molecule has 3 rings (SSSR count).